The van der Waals surface area contributed by atoms with Crippen molar-refractivity contribution < 1.29 is 14.3 Å². The molecule has 0 atom stereocenters. The minimum Gasteiger partial charge on any atom is -0.497 e. The monoisotopic (exact) mass is 260 g/mol. The lowest BCUT2D eigenvalue weighted by Gasteiger charge is -2.09. The van der Waals surface area contributed by atoms with E-state index in [1.54, 1.807) is 50.2 Å². The number of ketones is 1. The lowest BCUT2D eigenvalue weighted by molar-refractivity contribution is 0.103. The van der Waals surface area contributed by atoms with Gasteiger partial charge in [0, 0.05) is 13.2 Å². The first kappa shape index (κ1) is 13.1. The van der Waals surface area contributed by atoms with Crippen LogP contribution in [-0.4, -0.2) is 29.8 Å². The summed E-state index contributed by atoms with van der Waals surface area (Å²) in [6.07, 6.45) is 1.70. The molecule has 0 unspecified atom stereocenters. The predicted octanol–water partition coefficient (Wildman–Crippen LogP) is 1.98. The first-order valence-corrected chi connectivity index (χ1v) is 5.83. The number of aryl methyl sites for hydroxylation is 2. The van der Waals surface area contributed by atoms with Gasteiger partial charge in [-0.1, -0.05) is 0 Å². The van der Waals surface area contributed by atoms with Crippen molar-refractivity contribution in [3.8, 4) is 11.5 Å². The Balaban J connectivity index is 2.51. The number of rotatable bonds is 4. The molecule has 100 valence electrons. The highest BCUT2D eigenvalue weighted by atomic mass is 16.5. The van der Waals surface area contributed by atoms with E-state index >= 15 is 0 Å². The highest BCUT2D eigenvalue weighted by molar-refractivity contribution is 6.11. The summed E-state index contributed by atoms with van der Waals surface area (Å²) in [5.74, 6) is 1.01. The molecule has 0 aliphatic rings. The van der Waals surface area contributed by atoms with Gasteiger partial charge < -0.3 is 9.47 Å². The van der Waals surface area contributed by atoms with Gasteiger partial charge in [0.2, 0.25) is 0 Å². The number of nitrogens with zero attached hydrogens (tertiary/aromatic N) is 2. The Hall–Kier alpha value is -2.30. The molecule has 1 heterocycles. The zero-order valence-corrected chi connectivity index (χ0v) is 11.4. The summed E-state index contributed by atoms with van der Waals surface area (Å²) in [4.78, 5) is 12.5. The molecule has 0 aliphatic carbocycles. The second-order valence-corrected chi connectivity index (χ2v) is 4.20. The van der Waals surface area contributed by atoms with E-state index in [4.69, 9.17) is 9.47 Å². The highest BCUT2D eigenvalue weighted by Crippen LogP contribution is 2.26. The van der Waals surface area contributed by atoms with E-state index in [2.05, 4.69) is 5.10 Å². The number of carbonyl (C=O) groups is 1. The zero-order valence-electron chi connectivity index (χ0n) is 11.4. The van der Waals surface area contributed by atoms with Crippen LogP contribution in [0.5, 0.6) is 11.5 Å². The Morgan fingerprint density at radius 3 is 2.47 bits per heavy atom. The molecule has 0 amide bonds. The average molecular weight is 260 g/mol. The lowest BCUT2D eigenvalue weighted by atomic mass is 10.0. The molecule has 2 aromatic rings. The minimum atomic E-state index is -0.124. The van der Waals surface area contributed by atoms with Gasteiger partial charge in [-0.15, -0.1) is 0 Å². The van der Waals surface area contributed by atoms with Gasteiger partial charge >= 0.3 is 0 Å². The van der Waals surface area contributed by atoms with Gasteiger partial charge in [0.25, 0.3) is 0 Å². The van der Waals surface area contributed by atoms with Crippen LogP contribution in [0, 0.1) is 6.92 Å². The second-order valence-electron chi connectivity index (χ2n) is 4.20. The molecule has 0 fully saturated rings. The quantitative estimate of drug-likeness (QED) is 0.789. The Morgan fingerprint density at radius 1 is 1.21 bits per heavy atom. The Labute approximate surface area is 111 Å². The standard InChI is InChI=1S/C14H16N2O3/c1-9-12(8-16(2)15-9)14(17)11-7-10(18-3)5-6-13(11)19-4/h5-8H,1-4H3. The number of ether oxygens (including phenoxy) is 2. The summed E-state index contributed by atoms with van der Waals surface area (Å²) in [7, 11) is 4.88. The summed E-state index contributed by atoms with van der Waals surface area (Å²) in [5, 5.41) is 4.18. The fraction of sp³-hybridized carbons (Fsp3) is 0.286. The first-order valence-electron chi connectivity index (χ1n) is 5.83. The van der Waals surface area contributed by atoms with Gasteiger partial charge in [-0.3, -0.25) is 9.48 Å². The Morgan fingerprint density at radius 2 is 1.95 bits per heavy atom. The van der Waals surface area contributed by atoms with Crippen LogP contribution in [0.2, 0.25) is 0 Å². The molecule has 1 aromatic heterocycles. The van der Waals surface area contributed by atoms with Crippen LogP contribution < -0.4 is 9.47 Å². The van der Waals surface area contributed by atoms with Gasteiger partial charge in [-0.05, 0) is 25.1 Å². The molecular weight excluding hydrogens is 244 g/mol. The molecular formula is C14H16N2O3. The Kier molecular flexibility index (Phi) is 3.55. The van der Waals surface area contributed by atoms with Crippen LogP contribution in [-0.2, 0) is 7.05 Å². The fourth-order valence-corrected chi connectivity index (χ4v) is 1.96. The number of methoxy groups -OCH3 is 2. The van der Waals surface area contributed by atoms with Crippen LogP contribution in [0.1, 0.15) is 21.6 Å². The van der Waals surface area contributed by atoms with Crippen LogP contribution in [0.4, 0.5) is 0 Å². The van der Waals surface area contributed by atoms with Crippen LogP contribution in [0.25, 0.3) is 0 Å². The molecule has 0 bridgehead atoms. The van der Waals surface area contributed by atoms with E-state index in [0.29, 0.717) is 28.3 Å². The summed E-state index contributed by atoms with van der Waals surface area (Å²) in [6, 6.07) is 5.15. The van der Waals surface area contributed by atoms with Gasteiger partial charge in [0.1, 0.15) is 11.5 Å². The summed E-state index contributed by atoms with van der Waals surface area (Å²) in [5.41, 5.74) is 1.73. The SMILES string of the molecule is COc1ccc(OC)c(C(=O)c2cn(C)nc2C)c1. The fourth-order valence-electron chi connectivity index (χ4n) is 1.96. The Bertz CT molecular complexity index is 617. The zero-order chi connectivity index (χ0) is 14.0. The maximum absolute atomic E-state index is 12.5. The summed E-state index contributed by atoms with van der Waals surface area (Å²) >= 11 is 0. The second kappa shape index (κ2) is 5.14. The van der Waals surface area contributed by atoms with Crippen LogP contribution in [0.15, 0.2) is 24.4 Å². The van der Waals surface area contributed by atoms with Crippen LogP contribution >= 0.6 is 0 Å². The van der Waals surface area contributed by atoms with Crippen molar-refractivity contribution in [1.29, 1.82) is 0 Å². The molecule has 0 aliphatic heterocycles. The lowest BCUT2D eigenvalue weighted by Crippen LogP contribution is -2.05. The summed E-state index contributed by atoms with van der Waals surface area (Å²) in [6.45, 7) is 1.81. The van der Waals surface area contributed by atoms with Crippen molar-refractivity contribution >= 4 is 5.78 Å². The van der Waals surface area contributed by atoms with E-state index in [1.165, 1.54) is 7.11 Å². The molecule has 0 spiro atoms. The maximum atomic E-state index is 12.5. The molecule has 5 heteroatoms. The molecule has 5 nitrogen and oxygen atoms in total. The highest BCUT2D eigenvalue weighted by Gasteiger charge is 2.19. The van der Waals surface area contributed by atoms with Gasteiger partial charge in [0.15, 0.2) is 5.78 Å². The van der Waals surface area contributed by atoms with E-state index in [-0.39, 0.29) is 5.78 Å². The third-order valence-electron chi connectivity index (χ3n) is 2.91. The maximum Gasteiger partial charge on any atom is 0.200 e. The largest absolute Gasteiger partial charge is 0.497 e. The smallest absolute Gasteiger partial charge is 0.200 e. The van der Waals surface area contributed by atoms with Crippen LogP contribution in [0.3, 0.4) is 0 Å². The van der Waals surface area contributed by atoms with Crippen molar-refractivity contribution in [1.82, 2.24) is 9.78 Å². The normalized spacial score (nSPS) is 10.3. The molecule has 0 N–H and O–H groups in total. The third-order valence-corrected chi connectivity index (χ3v) is 2.91. The van der Waals surface area contributed by atoms with Crippen molar-refractivity contribution in [3.63, 3.8) is 0 Å². The number of benzene rings is 1. The topological polar surface area (TPSA) is 53.4 Å². The average Bonchev–Trinajstić information content (AvgIpc) is 2.76. The van der Waals surface area contributed by atoms with E-state index < -0.39 is 0 Å². The molecule has 0 radical (unpaired) electrons. The molecule has 19 heavy (non-hydrogen) atoms. The van der Waals surface area contributed by atoms with Crippen molar-refractivity contribution in [3.05, 3.63) is 41.2 Å². The number of aromatic nitrogens is 2. The predicted molar refractivity (Wildman–Crippen MR) is 70.9 cm³/mol. The van der Waals surface area contributed by atoms with E-state index in [1.807, 2.05) is 0 Å². The third kappa shape index (κ3) is 2.45. The number of hydrogen-bond acceptors (Lipinski definition) is 4. The molecule has 0 saturated heterocycles. The van der Waals surface area contributed by atoms with Crippen molar-refractivity contribution in [2.45, 2.75) is 6.92 Å². The van der Waals surface area contributed by atoms with E-state index in [0.717, 1.165) is 0 Å². The summed E-state index contributed by atoms with van der Waals surface area (Å²) < 4.78 is 12.0. The van der Waals surface area contributed by atoms with Gasteiger partial charge in [-0.25, -0.2) is 0 Å². The van der Waals surface area contributed by atoms with Gasteiger partial charge in [-0.2, -0.15) is 5.10 Å². The van der Waals surface area contributed by atoms with E-state index in [9.17, 15) is 4.79 Å². The van der Waals surface area contributed by atoms with Crippen molar-refractivity contribution in [2.75, 3.05) is 14.2 Å². The van der Waals surface area contributed by atoms with Gasteiger partial charge in [0.05, 0.1) is 31.0 Å². The van der Waals surface area contributed by atoms with Crippen molar-refractivity contribution in [2.24, 2.45) is 7.05 Å². The molecule has 2 rings (SSSR count). The minimum absolute atomic E-state index is 0.124. The number of hydrogen-bond donors (Lipinski definition) is 0. The first-order chi connectivity index (χ1) is 9.06. The molecule has 1 aromatic carbocycles. The molecule has 0 saturated carbocycles. The number of carbonyl (C=O) groups excluding carboxylic acids is 1.